The molecular weight excluding hydrogens is 428 g/mol. The summed E-state index contributed by atoms with van der Waals surface area (Å²) in [5.41, 5.74) is 0.608. The van der Waals surface area contributed by atoms with Crippen LogP contribution in [-0.4, -0.2) is 53.7 Å². The molecule has 1 aromatic rings. The monoisotopic (exact) mass is 446 g/mol. The summed E-state index contributed by atoms with van der Waals surface area (Å²) in [5.74, 6) is -2.26. The first-order valence-electron chi connectivity index (χ1n) is 7.49. The Morgan fingerprint density at radius 1 is 1.27 bits per heavy atom. The van der Waals surface area contributed by atoms with Crippen molar-refractivity contribution >= 4 is 52.1 Å². The number of methoxy groups -OCH3 is 1. The number of Topliss-reactive ketones (excluding diaryl/α,β-unsaturated/α-hetero) is 1. The van der Waals surface area contributed by atoms with Gasteiger partial charge in [-0.3, -0.25) is 19.2 Å². The van der Waals surface area contributed by atoms with Crippen LogP contribution in [0.1, 0.15) is 12.0 Å². The van der Waals surface area contributed by atoms with E-state index in [1.807, 2.05) is 0 Å². The molecule has 8 nitrogen and oxygen atoms in total. The average Bonchev–Trinajstić information content (AvgIpc) is 2.58. The minimum Gasteiger partial charge on any atom is -0.496 e. The number of hydrogen-bond acceptors (Lipinski definition) is 6. The van der Waals surface area contributed by atoms with Crippen LogP contribution in [0.5, 0.6) is 5.75 Å². The zero-order chi connectivity index (χ0) is 19.7. The summed E-state index contributed by atoms with van der Waals surface area (Å²) in [6.45, 7) is -0.382. The summed E-state index contributed by atoms with van der Waals surface area (Å²) in [7, 11) is 1.48. The summed E-state index contributed by atoms with van der Waals surface area (Å²) in [6, 6.07) is 3.93. The minimum absolute atomic E-state index is 0.0241. The van der Waals surface area contributed by atoms with Crippen LogP contribution in [0.15, 0.2) is 23.1 Å². The lowest BCUT2D eigenvalue weighted by molar-refractivity contribution is -0.140. The number of amides is 2. The summed E-state index contributed by atoms with van der Waals surface area (Å²) >= 11 is 7.14. The zero-order valence-electron chi connectivity index (χ0n) is 14.0. The highest BCUT2D eigenvalue weighted by atomic mass is 79.9. The Morgan fingerprint density at radius 3 is 2.54 bits per heavy atom. The molecule has 0 saturated carbocycles. The quantitative estimate of drug-likeness (QED) is 0.307. The van der Waals surface area contributed by atoms with E-state index in [0.717, 1.165) is 0 Å². The maximum Gasteiger partial charge on any atom is 0.305 e. The largest absolute Gasteiger partial charge is 0.496 e. The highest BCUT2D eigenvalue weighted by molar-refractivity contribution is 9.09. The predicted molar refractivity (Wildman–Crippen MR) is 99.9 cm³/mol. The van der Waals surface area contributed by atoms with E-state index in [4.69, 9.17) is 9.84 Å². The third kappa shape index (κ3) is 7.44. The van der Waals surface area contributed by atoms with E-state index in [-0.39, 0.29) is 18.3 Å². The first kappa shape index (κ1) is 22.0. The fourth-order valence-electron chi connectivity index (χ4n) is 2.08. The van der Waals surface area contributed by atoms with Gasteiger partial charge in [-0.2, -0.15) is 0 Å². The number of carboxylic acid groups (broad SMARTS) is 1. The molecule has 1 unspecified atom stereocenters. The van der Waals surface area contributed by atoms with Crippen molar-refractivity contribution in [1.29, 1.82) is 0 Å². The molecule has 0 saturated heterocycles. The van der Waals surface area contributed by atoms with Crippen LogP contribution in [0.25, 0.3) is 0 Å². The van der Waals surface area contributed by atoms with E-state index in [9.17, 15) is 19.2 Å². The van der Waals surface area contributed by atoms with E-state index in [2.05, 4.69) is 39.2 Å². The van der Waals surface area contributed by atoms with Gasteiger partial charge in [-0.25, -0.2) is 0 Å². The van der Waals surface area contributed by atoms with Gasteiger partial charge in [0.1, 0.15) is 5.75 Å². The van der Waals surface area contributed by atoms with E-state index in [1.165, 1.54) is 7.11 Å². The Balaban J connectivity index is 2.58. The van der Waals surface area contributed by atoms with Crippen LogP contribution in [0.2, 0.25) is 0 Å². The number of hydrogen-bond donors (Lipinski definition) is 4. The second-order valence-corrected chi connectivity index (χ2v) is 6.34. The van der Waals surface area contributed by atoms with Crippen molar-refractivity contribution in [2.24, 2.45) is 0 Å². The number of rotatable bonds is 10. The van der Waals surface area contributed by atoms with Gasteiger partial charge < -0.3 is 20.5 Å². The number of thiol groups is 1. The molecule has 2 amide bonds. The van der Waals surface area contributed by atoms with E-state index >= 15 is 0 Å². The molecule has 0 aliphatic rings. The summed E-state index contributed by atoms with van der Waals surface area (Å²) in [5, 5.41) is 13.4. The molecule has 0 aliphatic heterocycles. The Hall–Kier alpha value is -2.07. The van der Waals surface area contributed by atoms with Crippen LogP contribution < -0.4 is 15.4 Å². The lowest BCUT2D eigenvalue weighted by atomic mass is 10.1. The van der Waals surface area contributed by atoms with Gasteiger partial charge in [0.05, 0.1) is 37.9 Å². The van der Waals surface area contributed by atoms with Gasteiger partial charge in [-0.15, -0.1) is 12.6 Å². The number of carboxylic acids is 1. The van der Waals surface area contributed by atoms with Crippen molar-refractivity contribution in [3.63, 3.8) is 0 Å². The Kier molecular flexibility index (Phi) is 9.14. The summed E-state index contributed by atoms with van der Waals surface area (Å²) < 4.78 is 5.16. The molecule has 0 aromatic heterocycles. The fourth-order valence-corrected chi connectivity index (χ4v) is 2.70. The standard InChI is InChI=1S/C16H19BrN2O6S/c1-25-13-3-2-10(26)4-9(13)5-14(21)18-8-15(22)19-11(6-16(23)24)12(20)7-17/h2-4,11,26H,5-8H2,1H3,(H,18,21)(H,19,22)(H,23,24). The Labute approximate surface area is 164 Å². The molecule has 10 heteroatoms. The number of ether oxygens (including phenoxy) is 1. The van der Waals surface area contributed by atoms with Gasteiger partial charge >= 0.3 is 5.97 Å². The second kappa shape index (κ2) is 10.8. The van der Waals surface area contributed by atoms with Crippen molar-refractivity contribution in [2.45, 2.75) is 23.8 Å². The lowest BCUT2D eigenvalue weighted by Crippen LogP contribution is -2.47. The van der Waals surface area contributed by atoms with E-state index in [0.29, 0.717) is 16.2 Å². The van der Waals surface area contributed by atoms with Crippen LogP contribution in [0, 0.1) is 0 Å². The molecule has 1 aromatic carbocycles. The molecular formula is C16H19BrN2O6S. The number of nitrogens with one attached hydrogen (secondary N) is 2. The molecule has 3 N–H and O–H groups in total. The molecule has 0 bridgehead atoms. The fraction of sp³-hybridized carbons (Fsp3) is 0.375. The van der Waals surface area contributed by atoms with Crippen LogP contribution >= 0.6 is 28.6 Å². The second-order valence-electron chi connectivity index (χ2n) is 5.27. The molecule has 1 rings (SSSR count). The number of benzene rings is 1. The molecule has 26 heavy (non-hydrogen) atoms. The number of halogens is 1. The normalized spacial score (nSPS) is 11.3. The number of carbonyl (C=O) groups is 4. The van der Waals surface area contributed by atoms with Crippen molar-refractivity contribution in [1.82, 2.24) is 10.6 Å². The molecule has 142 valence electrons. The molecule has 1 atom stereocenters. The lowest BCUT2D eigenvalue weighted by Gasteiger charge is -2.15. The third-order valence-corrected chi connectivity index (χ3v) is 4.13. The zero-order valence-corrected chi connectivity index (χ0v) is 16.4. The number of ketones is 1. The smallest absolute Gasteiger partial charge is 0.305 e. The Bertz CT molecular complexity index is 697. The molecule has 0 aliphatic carbocycles. The first-order chi connectivity index (χ1) is 12.3. The van der Waals surface area contributed by atoms with E-state index < -0.39 is 36.0 Å². The highest BCUT2D eigenvalue weighted by Crippen LogP contribution is 2.22. The topological polar surface area (TPSA) is 122 Å². The van der Waals surface area contributed by atoms with Crippen molar-refractivity contribution in [2.75, 3.05) is 19.0 Å². The van der Waals surface area contributed by atoms with Gasteiger partial charge in [-0.05, 0) is 18.2 Å². The highest BCUT2D eigenvalue weighted by Gasteiger charge is 2.22. The van der Waals surface area contributed by atoms with Crippen LogP contribution in [0.3, 0.4) is 0 Å². The maximum absolute atomic E-state index is 12.0. The molecule has 0 radical (unpaired) electrons. The van der Waals surface area contributed by atoms with Crippen molar-refractivity contribution in [3.05, 3.63) is 23.8 Å². The number of aliphatic carboxylic acids is 1. The third-order valence-electron chi connectivity index (χ3n) is 3.30. The molecule has 0 spiro atoms. The van der Waals surface area contributed by atoms with Crippen molar-refractivity contribution in [3.8, 4) is 5.75 Å². The number of alkyl halides is 1. The van der Waals surface area contributed by atoms with E-state index in [1.54, 1.807) is 18.2 Å². The van der Waals surface area contributed by atoms with Crippen LogP contribution in [-0.2, 0) is 25.6 Å². The van der Waals surface area contributed by atoms with Gasteiger partial charge in [0.25, 0.3) is 0 Å². The van der Waals surface area contributed by atoms with Gasteiger partial charge in [0.2, 0.25) is 11.8 Å². The predicted octanol–water partition coefficient (Wildman–Crippen LogP) is 0.566. The van der Waals surface area contributed by atoms with Gasteiger partial charge in [-0.1, -0.05) is 15.9 Å². The van der Waals surface area contributed by atoms with Crippen molar-refractivity contribution < 1.29 is 29.0 Å². The Morgan fingerprint density at radius 2 is 1.96 bits per heavy atom. The minimum atomic E-state index is -1.22. The average molecular weight is 447 g/mol. The van der Waals surface area contributed by atoms with Gasteiger partial charge in [0.15, 0.2) is 5.78 Å². The summed E-state index contributed by atoms with van der Waals surface area (Å²) in [4.78, 5) is 46.9. The van der Waals surface area contributed by atoms with Gasteiger partial charge in [0, 0.05) is 10.5 Å². The molecule has 0 heterocycles. The maximum atomic E-state index is 12.0. The van der Waals surface area contributed by atoms with Crippen LogP contribution in [0.4, 0.5) is 0 Å². The SMILES string of the molecule is COc1ccc(S)cc1CC(=O)NCC(=O)NC(CC(=O)O)C(=O)CBr. The summed E-state index contributed by atoms with van der Waals surface area (Å²) in [6.07, 6.45) is -0.556. The number of carbonyl (C=O) groups excluding carboxylic acids is 3. The molecule has 0 fully saturated rings. The first-order valence-corrected chi connectivity index (χ1v) is 9.06.